The van der Waals surface area contributed by atoms with E-state index in [0.717, 1.165) is 22.9 Å². The van der Waals surface area contributed by atoms with Gasteiger partial charge in [-0.15, -0.1) is 10.2 Å². The lowest BCUT2D eigenvalue weighted by molar-refractivity contribution is 0.327. The quantitative estimate of drug-likeness (QED) is 0.895. The Morgan fingerprint density at radius 1 is 1.22 bits per heavy atom. The highest BCUT2D eigenvalue weighted by atomic mass is 35.5. The molecule has 1 aromatic heterocycles. The molecule has 0 spiro atoms. The summed E-state index contributed by atoms with van der Waals surface area (Å²) < 4.78 is 0. The van der Waals surface area contributed by atoms with Gasteiger partial charge in [0.15, 0.2) is 11.0 Å². The lowest BCUT2D eigenvalue weighted by Gasteiger charge is -2.29. The highest BCUT2D eigenvalue weighted by molar-refractivity contribution is 6.30. The SMILES string of the molecule is CCC1CCCC(Nc2nnc(Cl)c(C)c2C)C1. The van der Waals surface area contributed by atoms with E-state index in [1.807, 2.05) is 6.92 Å². The standard InChI is InChI=1S/C14H22ClN3/c1-4-11-6-5-7-12(8-11)16-14-10(3)9(2)13(15)17-18-14/h11-12H,4-8H2,1-3H3,(H,16,18). The zero-order chi connectivity index (χ0) is 13.1. The van der Waals surface area contributed by atoms with E-state index < -0.39 is 0 Å². The van der Waals surface area contributed by atoms with Crippen molar-refractivity contribution in [2.75, 3.05) is 5.32 Å². The lowest BCUT2D eigenvalue weighted by Crippen LogP contribution is -2.28. The number of aromatic nitrogens is 2. The second-order valence-corrected chi connectivity index (χ2v) is 5.73. The largest absolute Gasteiger partial charge is 0.366 e. The fourth-order valence-corrected chi connectivity index (χ4v) is 2.88. The number of hydrogen-bond donors (Lipinski definition) is 1. The van der Waals surface area contributed by atoms with Crippen LogP contribution in [0.3, 0.4) is 0 Å². The topological polar surface area (TPSA) is 37.8 Å². The van der Waals surface area contributed by atoms with Crippen molar-refractivity contribution in [3.05, 3.63) is 16.3 Å². The zero-order valence-electron chi connectivity index (χ0n) is 11.5. The molecule has 0 aliphatic heterocycles. The van der Waals surface area contributed by atoms with Crippen molar-refractivity contribution in [1.82, 2.24) is 10.2 Å². The van der Waals surface area contributed by atoms with Gasteiger partial charge >= 0.3 is 0 Å². The van der Waals surface area contributed by atoms with Gasteiger partial charge in [-0.2, -0.15) is 0 Å². The Morgan fingerprint density at radius 2 is 2.00 bits per heavy atom. The first-order valence-electron chi connectivity index (χ1n) is 6.87. The van der Waals surface area contributed by atoms with Gasteiger partial charge in [-0.05, 0) is 43.7 Å². The molecule has 0 saturated heterocycles. The van der Waals surface area contributed by atoms with Crippen molar-refractivity contribution < 1.29 is 0 Å². The number of hydrogen-bond acceptors (Lipinski definition) is 3. The number of halogens is 1. The molecule has 18 heavy (non-hydrogen) atoms. The van der Waals surface area contributed by atoms with Gasteiger partial charge in [-0.3, -0.25) is 0 Å². The summed E-state index contributed by atoms with van der Waals surface area (Å²) in [5, 5.41) is 12.2. The maximum Gasteiger partial charge on any atom is 0.155 e. The van der Waals surface area contributed by atoms with Gasteiger partial charge in [0.1, 0.15) is 0 Å². The van der Waals surface area contributed by atoms with Crippen LogP contribution in [-0.4, -0.2) is 16.2 Å². The molecule has 1 aliphatic rings. The molecule has 1 N–H and O–H groups in total. The molecule has 0 radical (unpaired) electrons. The zero-order valence-corrected chi connectivity index (χ0v) is 12.2. The molecule has 3 nitrogen and oxygen atoms in total. The van der Waals surface area contributed by atoms with E-state index in [9.17, 15) is 0 Å². The third-order valence-corrected chi connectivity index (χ3v) is 4.53. The summed E-state index contributed by atoms with van der Waals surface area (Å²) in [4.78, 5) is 0. The minimum Gasteiger partial charge on any atom is -0.366 e. The highest BCUT2D eigenvalue weighted by Gasteiger charge is 2.21. The molecule has 2 unspecified atom stereocenters. The third kappa shape index (κ3) is 2.94. The molecule has 0 bridgehead atoms. The molecule has 100 valence electrons. The summed E-state index contributed by atoms with van der Waals surface area (Å²) in [5.74, 6) is 1.76. The van der Waals surface area contributed by atoms with Crippen LogP contribution in [-0.2, 0) is 0 Å². The second-order valence-electron chi connectivity index (χ2n) is 5.37. The molecule has 2 atom stereocenters. The summed E-state index contributed by atoms with van der Waals surface area (Å²) in [6.45, 7) is 6.33. The average Bonchev–Trinajstić information content (AvgIpc) is 2.40. The smallest absolute Gasteiger partial charge is 0.155 e. The number of anilines is 1. The van der Waals surface area contributed by atoms with Gasteiger partial charge in [0.05, 0.1) is 0 Å². The Hall–Kier alpha value is -0.830. The molecule has 2 rings (SSSR count). The van der Waals surface area contributed by atoms with Crippen LogP contribution >= 0.6 is 11.6 Å². The maximum absolute atomic E-state index is 5.97. The van der Waals surface area contributed by atoms with Crippen molar-refractivity contribution in [3.63, 3.8) is 0 Å². The molecule has 0 aromatic carbocycles. The van der Waals surface area contributed by atoms with E-state index in [2.05, 4.69) is 29.4 Å². The Morgan fingerprint density at radius 3 is 2.72 bits per heavy atom. The van der Waals surface area contributed by atoms with Crippen molar-refractivity contribution in [2.45, 2.75) is 58.9 Å². The van der Waals surface area contributed by atoms with E-state index in [1.165, 1.54) is 32.1 Å². The molecular formula is C14H22ClN3. The Balaban J connectivity index is 2.07. The summed E-state index contributed by atoms with van der Waals surface area (Å²) in [7, 11) is 0. The van der Waals surface area contributed by atoms with Crippen LogP contribution in [0.5, 0.6) is 0 Å². The van der Waals surface area contributed by atoms with E-state index >= 15 is 0 Å². The molecule has 4 heteroatoms. The monoisotopic (exact) mass is 267 g/mol. The molecule has 0 amide bonds. The van der Waals surface area contributed by atoms with Gasteiger partial charge in [-0.1, -0.05) is 37.8 Å². The van der Waals surface area contributed by atoms with E-state index in [0.29, 0.717) is 11.2 Å². The molecule has 1 aliphatic carbocycles. The lowest BCUT2D eigenvalue weighted by atomic mass is 9.84. The number of nitrogens with one attached hydrogen (secondary N) is 1. The third-order valence-electron chi connectivity index (χ3n) is 4.17. The van der Waals surface area contributed by atoms with Gasteiger partial charge < -0.3 is 5.32 Å². The number of nitrogens with zero attached hydrogens (tertiary/aromatic N) is 2. The molecule has 1 aromatic rings. The van der Waals surface area contributed by atoms with Crippen molar-refractivity contribution in [1.29, 1.82) is 0 Å². The van der Waals surface area contributed by atoms with Gasteiger partial charge in [0, 0.05) is 6.04 Å². The first-order valence-corrected chi connectivity index (χ1v) is 7.25. The highest BCUT2D eigenvalue weighted by Crippen LogP contribution is 2.29. The molecule has 1 heterocycles. The molecule has 1 fully saturated rings. The van der Waals surface area contributed by atoms with Gasteiger partial charge in [0.2, 0.25) is 0 Å². The summed E-state index contributed by atoms with van der Waals surface area (Å²) in [6, 6.07) is 0.539. The van der Waals surface area contributed by atoms with E-state index in [4.69, 9.17) is 11.6 Å². The predicted molar refractivity (Wildman–Crippen MR) is 76.2 cm³/mol. The van der Waals surface area contributed by atoms with E-state index in [1.54, 1.807) is 0 Å². The minimum absolute atomic E-state index is 0.508. The molecule has 1 saturated carbocycles. The van der Waals surface area contributed by atoms with Gasteiger partial charge in [-0.25, -0.2) is 0 Å². The minimum atomic E-state index is 0.508. The maximum atomic E-state index is 5.97. The van der Waals surface area contributed by atoms with Gasteiger partial charge in [0.25, 0.3) is 0 Å². The average molecular weight is 268 g/mol. The fourth-order valence-electron chi connectivity index (χ4n) is 2.70. The summed E-state index contributed by atoms with van der Waals surface area (Å²) in [5.41, 5.74) is 2.14. The first kappa shape index (κ1) is 13.6. The van der Waals surface area contributed by atoms with Crippen LogP contribution in [0.25, 0.3) is 0 Å². The van der Waals surface area contributed by atoms with Crippen LogP contribution in [0.2, 0.25) is 5.15 Å². The van der Waals surface area contributed by atoms with Crippen LogP contribution in [0.1, 0.15) is 50.2 Å². The molecular weight excluding hydrogens is 246 g/mol. The Bertz CT molecular complexity index is 420. The van der Waals surface area contributed by atoms with Crippen LogP contribution in [0.4, 0.5) is 5.82 Å². The first-order chi connectivity index (χ1) is 8.61. The summed E-state index contributed by atoms with van der Waals surface area (Å²) >= 11 is 5.97. The summed E-state index contributed by atoms with van der Waals surface area (Å²) in [6.07, 6.45) is 6.45. The van der Waals surface area contributed by atoms with Crippen LogP contribution in [0.15, 0.2) is 0 Å². The van der Waals surface area contributed by atoms with Crippen molar-refractivity contribution >= 4 is 17.4 Å². The van der Waals surface area contributed by atoms with Crippen molar-refractivity contribution in [3.8, 4) is 0 Å². The Labute approximate surface area is 114 Å². The predicted octanol–water partition coefficient (Wildman–Crippen LogP) is 4.13. The van der Waals surface area contributed by atoms with Crippen molar-refractivity contribution in [2.24, 2.45) is 5.92 Å². The second kappa shape index (κ2) is 5.87. The normalized spacial score (nSPS) is 24.0. The van der Waals surface area contributed by atoms with E-state index in [-0.39, 0.29) is 0 Å². The van der Waals surface area contributed by atoms with Crippen LogP contribution < -0.4 is 5.32 Å². The Kier molecular flexibility index (Phi) is 4.44. The fraction of sp³-hybridized carbons (Fsp3) is 0.714. The number of rotatable bonds is 3. The van der Waals surface area contributed by atoms with Crippen LogP contribution in [0, 0.1) is 19.8 Å².